The minimum atomic E-state index is 0.0206. The first-order valence-electron chi connectivity index (χ1n) is 11.0. The summed E-state index contributed by atoms with van der Waals surface area (Å²) in [6, 6.07) is 0. The molecule has 1 aliphatic rings. The van der Waals surface area contributed by atoms with Gasteiger partial charge in [0.1, 0.15) is 6.10 Å². The van der Waals surface area contributed by atoms with Gasteiger partial charge in [0.15, 0.2) is 0 Å². The molecule has 2 nitrogen and oxygen atoms in total. The summed E-state index contributed by atoms with van der Waals surface area (Å²) < 4.78 is 5.37. The van der Waals surface area contributed by atoms with E-state index in [9.17, 15) is 4.79 Å². The minimum absolute atomic E-state index is 0.0206. The van der Waals surface area contributed by atoms with E-state index in [-0.39, 0.29) is 12.1 Å². The number of rotatable bonds is 16. The van der Waals surface area contributed by atoms with Gasteiger partial charge in [-0.2, -0.15) is 0 Å². The van der Waals surface area contributed by atoms with Gasteiger partial charge in [-0.1, -0.05) is 96.8 Å². The highest BCUT2D eigenvalue weighted by Crippen LogP contribution is 2.20. The van der Waals surface area contributed by atoms with E-state index in [4.69, 9.17) is 4.74 Å². The number of esters is 1. The van der Waals surface area contributed by atoms with Crippen molar-refractivity contribution in [2.75, 3.05) is 0 Å². The summed E-state index contributed by atoms with van der Waals surface area (Å²) in [4.78, 5) is 11.2. The molecule has 1 unspecified atom stereocenters. The molecular formula is C22H42O2. The second-order valence-corrected chi connectivity index (χ2v) is 7.74. The van der Waals surface area contributed by atoms with Gasteiger partial charge < -0.3 is 4.74 Å². The second kappa shape index (κ2) is 16.0. The van der Waals surface area contributed by atoms with Gasteiger partial charge in [-0.05, 0) is 25.7 Å². The van der Waals surface area contributed by atoms with Crippen LogP contribution in [-0.2, 0) is 9.53 Å². The number of carbonyl (C=O) groups is 1. The number of ether oxygens (including phenoxy) is 1. The molecule has 0 aliphatic carbocycles. The summed E-state index contributed by atoms with van der Waals surface area (Å²) in [7, 11) is 0. The Morgan fingerprint density at radius 3 is 1.67 bits per heavy atom. The van der Waals surface area contributed by atoms with E-state index >= 15 is 0 Å². The van der Waals surface area contributed by atoms with Crippen molar-refractivity contribution in [1.29, 1.82) is 0 Å². The fourth-order valence-electron chi connectivity index (χ4n) is 3.72. The lowest BCUT2D eigenvalue weighted by atomic mass is 10.0. The number of cyclic esters (lactones) is 1. The fraction of sp³-hybridized carbons (Fsp3) is 0.955. The first-order chi connectivity index (χ1) is 11.8. The molecule has 24 heavy (non-hydrogen) atoms. The zero-order valence-electron chi connectivity index (χ0n) is 16.3. The first-order valence-corrected chi connectivity index (χ1v) is 11.0. The zero-order valence-corrected chi connectivity index (χ0v) is 16.3. The molecule has 1 atom stereocenters. The number of unbranched alkanes of at least 4 members (excludes halogenated alkanes) is 14. The Kier molecular flexibility index (Phi) is 14.3. The van der Waals surface area contributed by atoms with Gasteiger partial charge in [-0.3, -0.25) is 4.79 Å². The van der Waals surface area contributed by atoms with Crippen LogP contribution in [0.2, 0.25) is 0 Å². The van der Waals surface area contributed by atoms with Crippen LogP contribution >= 0.6 is 0 Å². The summed E-state index contributed by atoms with van der Waals surface area (Å²) in [5.74, 6) is 0.0206. The lowest BCUT2D eigenvalue weighted by Gasteiger charge is -2.21. The molecule has 0 aromatic rings. The summed E-state index contributed by atoms with van der Waals surface area (Å²) in [6.07, 6.45) is 25.1. The minimum Gasteiger partial charge on any atom is -0.462 e. The molecular weight excluding hydrogens is 296 g/mol. The van der Waals surface area contributed by atoms with Crippen LogP contribution in [0, 0.1) is 0 Å². The second-order valence-electron chi connectivity index (χ2n) is 7.74. The van der Waals surface area contributed by atoms with Crippen molar-refractivity contribution in [3.63, 3.8) is 0 Å². The van der Waals surface area contributed by atoms with E-state index in [1.807, 2.05) is 0 Å². The van der Waals surface area contributed by atoms with Crippen molar-refractivity contribution in [2.24, 2.45) is 0 Å². The lowest BCUT2D eigenvalue weighted by Crippen LogP contribution is -2.23. The predicted molar refractivity (Wildman–Crippen MR) is 103 cm³/mol. The van der Waals surface area contributed by atoms with Crippen LogP contribution in [0.15, 0.2) is 0 Å². The van der Waals surface area contributed by atoms with Gasteiger partial charge in [0.05, 0.1) is 0 Å². The van der Waals surface area contributed by atoms with Crippen molar-refractivity contribution >= 4 is 5.97 Å². The lowest BCUT2D eigenvalue weighted by molar-refractivity contribution is -0.154. The number of hydrogen-bond acceptors (Lipinski definition) is 2. The Hall–Kier alpha value is -0.530. The quantitative estimate of drug-likeness (QED) is 0.217. The average molecular weight is 339 g/mol. The van der Waals surface area contributed by atoms with Crippen molar-refractivity contribution in [2.45, 2.75) is 135 Å². The molecule has 0 spiro atoms. The van der Waals surface area contributed by atoms with E-state index in [0.717, 1.165) is 19.3 Å². The smallest absolute Gasteiger partial charge is 0.306 e. The molecule has 0 N–H and O–H groups in total. The van der Waals surface area contributed by atoms with Crippen LogP contribution in [0.3, 0.4) is 0 Å². The van der Waals surface area contributed by atoms with Gasteiger partial charge >= 0.3 is 5.97 Å². The van der Waals surface area contributed by atoms with Crippen LogP contribution in [0.1, 0.15) is 129 Å². The number of hydrogen-bond donors (Lipinski definition) is 0. The molecule has 1 aliphatic heterocycles. The molecule has 1 saturated heterocycles. The Morgan fingerprint density at radius 1 is 0.750 bits per heavy atom. The van der Waals surface area contributed by atoms with E-state index < -0.39 is 0 Å². The summed E-state index contributed by atoms with van der Waals surface area (Å²) in [5, 5.41) is 0. The van der Waals surface area contributed by atoms with Crippen molar-refractivity contribution < 1.29 is 9.53 Å². The van der Waals surface area contributed by atoms with Crippen molar-refractivity contribution in [3.05, 3.63) is 0 Å². The van der Waals surface area contributed by atoms with Gasteiger partial charge in [0.25, 0.3) is 0 Å². The van der Waals surface area contributed by atoms with E-state index in [0.29, 0.717) is 6.42 Å². The van der Waals surface area contributed by atoms with Crippen LogP contribution in [0.4, 0.5) is 0 Å². The molecule has 0 amide bonds. The van der Waals surface area contributed by atoms with E-state index in [2.05, 4.69) is 6.92 Å². The van der Waals surface area contributed by atoms with Gasteiger partial charge in [-0.15, -0.1) is 0 Å². The van der Waals surface area contributed by atoms with Crippen molar-refractivity contribution in [3.8, 4) is 0 Å². The number of carbonyl (C=O) groups excluding carboxylic acids is 1. The highest BCUT2D eigenvalue weighted by Gasteiger charge is 2.19. The molecule has 0 aromatic carbocycles. The topological polar surface area (TPSA) is 26.3 Å². The summed E-state index contributed by atoms with van der Waals surface area (Å²) in [6.45, 7) is 2.29. The monoisotopic (exact) mass is 338 g/mol. The molecule has 142 valence electrons. The van der Waals surface area contributed by atoms with Crippen molar-refractivity contribution in [1.82, 2.24) is 0 Å². The van der Waals surface area contributed by atoms with Crippen LogP contribution in [-0.4, -0.2) is 12.1 Å². The molecule has 0 saturated carbocycles. The largest absolute Gasteiger partial charge is 0.462 e. The Labute approximate surface area is 151 Å². The van der Waals surface area contributed by atoms with E-state index in [1.165, 1.54) is 96.3 Å². The predicted octanol–water partition coefficient (Wildman–Crippen LogP) is 7.34. The highest BCUT2D eigenvalue weighted by molar-refractivity contribution is 5.70. The third-order valence-electron chi connectivity index (χ3n) is 5.33. The molecule has 0 bridgehead atoms. The highest BCUT2D eigenvalue weighted by atomic mass is 16.5. The maximum absolute atomic E-state index is 11.2. The van der Waals surface area contributed by atoms with Gasteiger partial charge in [0, 0.05) is 6.42 Å². The molecule has 1 rings (SSSR count). The fourth-order valence-corrected chi connectivity index (χ4v) is 3.72. The maximum atomic E-state index is 11.2. The third kappa shape index (κ3) is 12.8. The Balaban J connectivity index is 1.71. The summed E-state index contributed by atoms with van der Waals surface area (Å²) in [5.41, 5.74) is 0. The van der Waals surface area contributed by atoms with Crippen LogP contribution < -0.4 is 0 Å². The van der Waals surface area contributed by atoms with Gasteiger partial charge in [-0.25, -0.2) is 0 Å². The Bertz CT molecular complexity index is 288. The molecule has 2 heteroatoms. The molecule has 1 fully saturated rings. The normalized spacial score (nSPS) is 17.9. The molecule has 1 heterocycles. The maximum Gasteiger partial charge on any atom is 0.306 e. The SMILES string of the molecule is CCCCCCCCCCCCCCCCCC1CCCC(=O)O1. The zero-order chi connectivity index (χ0) is 17.3. The van der Waals surface area contributed by atoms with Crippen LogP contribution in [0.25, 0.3) is 0 Å². The van der Waals surface area contributed by atoms with E-state index in [1.54, 1.807) is 0 Å². The molecule has 0 aromatic heterocycles. The molecule has 0 radical (unpaired) electrons. The average Bonchev–Trinajstić information content (AvgIpc) is 2.58. The van der Waals surface area contributed by atoms with Gasteiger partial charge in [0.2, 0.25) is 0 Å². The van der Waals surface area contributed by atoms with Crippen LogP contribution in [0.5, 0.6) is 0 Å². The first kappa shape index (κ1) is 21.5. The standard InChI is InChI=1S/C22H42O2/c1-2-3-4-5-6-7-8-9-10-11-12-13-14-15-16-18-21-19-17-20-22(23)24-21/h21H,2-20H2,1H3. The Morgan fingerprint density at radius 2 is 1.21 bits per heavy atom. The summed E-state index contributed by atoms with van der Waals surface area (Å²) >= 11 is 0. The third-order valence-corrected chi connectivity index (χ3v) is 5.33.